The van der Waals surface area contributed by atoms with Crippen LogP contribution in [0, 0.1) is 12.7 Å². The van der Waals surface area contributed by atoms with Crippen molar-refractivity contribution in [3.63, 3.8) is 0 Å². The zero-order valence-corrected chi connectivity index (χ0v) is 15.7. The highest BCUT2D eigenvalue weighted by molar-refractivity contribution is 6.33. The van der Waals surface area contributed by atoms with Crippen LogP contribution in [0.1, 0.15) is 27.4 Å². The zero-order chi connectivity index (χ0) is 19.7. The lowest BCUT2D eigenvalue weighted by atomic mass is 10.2. The van der Waals surface area contributed by atoms with Gasteiger partial charge in [0.1, 0.15) is 11.0 Å². The normalized spacial score (nSPS) is 11.1. The minimum absolute atomic E-state index is 0.197. The number of pyridine rings is 1. The average molecular weight is 399 g/mol. The van der Waals surface area contributed by atoms with Crippen LogP contribution in [0.5, 0.6) is 0 Å². The van der Waals surface area contributed by atoms with Crippen molar-refractivity contribution in [3.8, 4) is 0 Å². The lowest BCUT2D eigenvalue weighted by Gasteiger charge is -2.05. The Labute approximate surface area is 164 Å². The van der Waals surface area contributed by atoms with Crippen LogP contribution in [0.2, 0.25) is 5.15 Å². The van der Waals surface area contributed by atoms with Crippen LogP contribution < -0.4 is 5.32 Å². The first-order valence-electron chi connectivity index (χ1n) is 8.57. The Morgan fingerprint density at radius 3 is 2.75 bits per heavy atom. The van der Waals surface area contributed by atoms with Gasteiger partial charge < -0.3 is 5.32 Å². The smallest absolute Gasteiger partial charge is 0.256 e. The minimum atomic E-state index is -0.347. The van der Waals surface area contributed by atoms with Gasteiger partial charge in [0.15, 0.2) is 11.5 Å². The molecule has 0 unspecified atom stereocenters. The molecule has 3 aromatic heterocycles. The van der Waals surface area contributed by atoms with Gasteiger partial charge >= 0.3 is 0 Å². The van der Waals surface area contributed by atoms with Crippen molar-refractivity contribution in [1.29, 1.82) is 0 Å². The number of fused-ring (bicyclic) bond motifs is 1. The molecule has 0 spiro atoms. The highest BCUT2D eigenvalue weighted by Gasteiger charge is 2.21. The van der Waals surface area contributed by atoms with Crippen LogP contribution in [0.25, 0.3) is 5.65 Å². The summed E-state index contributed by atoms with van der Waals surface area (Å²) in [6, 6.07) is 11.6. The Hall–Kier alpha value is -3.26. The van der Waals surface area contributed by atoms with Gasteiger partial charge in [-0.05, 0) is 36.8 Å². The van der Waals surface area contributed by atoms with E-state index < -0.39 is 0 Å². The molecule has 0 radical (unpaired) electrons. The summed E-state index contributed by atoms with van der Waals surface area (Å²) in [6.45, 7) is 2.25. The van der Waals surface area contributed by atoms with Crippen LogP contribution in [-0.2, 0) is 13.1 Å². The summed E-state index contributed by atoms with van der Waals surface area (Å²) in [6.07, 6.45) is 1.83. The van der Waals surface area contributed by atoms with Gasteiger partial charge in [-0.15, -0.1) is 10.2 Å². The molecule has 0 aliphatic carbocycles. The molecule has 1 aromatic carbocycles. The number of benzene rings is 1. The van der Waals surface area contributed by atoms with Gasteiger partial charge in [-0.1, -0.05) is 29.8 Å². The van der Waals surface area contributed by atoms with Gasteiger partial charge in [-0.2, -0.15) is 5.10 Å². The standard InChI is InChI=1S/C19H16ClFN6O/c1-12-17(18(20)27(25-12)11-13-5-7-14(21)8-6-13)19(28)22-10-16-24-23-15-4-2-3-9-26(15)16/h2-9H,10-11H2,1H3,(H,22,28). The number of nitrogens with zero attached hydrogens (tertiary/aromatic N) is 5. The van der Waals surface area contributed by atoms with E-state index in [-0.39, 0.29) is 23.4 Å². The van der Waals surface area contributed by atoms with Crippen LogP contribution in [-0.4, -0.2) is 30.3 Å². The number of hydrogen-bond donors (Lipinski definition) is 1. The summed E-state index contributed by atoms with van der Waals surface area (Å²) in [5, 5.41) is 15.5. The monoisotopic (exact) mass is 398 g/mol. The van der Waals surface area contributed by atoms with Crippen LogP contribution >= 0.6 is 11.6 Å². The summed E-state index contributed by atoms with van der Waals surface area (Å²) in [5.74, 6) is -0.0514. The molecule has 0 saturated heterocycles. The molecular weight excluding hydrogens is 383 g/mol. The van der Waals surface area contributed by atoms with E-state index in [0.717, 1.165) is 5.56 Å². The zero-order valence-electron chi connectivity index (χ0n) is 14.9. The Morgan fingerprint density at radius 1 is 1.18 bits per heavy atom. The van der Waals surface area contributed by atoms with Gasteiger partial charge in [-0.25, -0.2) is 9.07 Å². The SMILES string of the molecule is Cc1nn(Cc2ccc(F)cc2)c(Cl)c1C(=O)NCc1nnc2ccccn12. The summed E-state index contributed by atoms with van der Waals surface area (Å²) in [4.78, 5) is 12.7. The maximum absolute atomic E-state index is 13.1. The van der Waals surface area contributed by atoms with Gasteiger partial charge in [0.25, 0.3) is 5.91 Å². The number of aromatic nitrogens is 5. The van der Waals surface area contributed by atoms with E-state index in [0.29, 0.717) is 29.3 Å². The predicted molar refractivity (Wildman–Crippen MR) is 102 cm³/mol. The van der Waals surface area contributed by atoms with Crippen molar-refractivity contribution in [2.75, 3.05) is 0 Å². The van der Waals surface area contributed by atoms with Crippen molar-refractivity contribution < 1.29 is 9.18 Å². The van der Waals surface area contributed by atoms with Crippen molar-refractivity contribution in [1.82, 2.24) is 29.7 Å². The fourth-order valence-electron chi connectivity index (χ4n) is 2.94. The second-order valence-electron chi connectivity index (χ2n) is 6.26. The second kappa shape index (κ2) is 7.40. The van der Waals surface area contributed by atoms with Crippen LogP contribution in [0.4, 0.5) is 4.39 Å². The number of nitrogens with one attached hydrogen (secondary N) is 1. The first-order valence-corrected chi connectivity index (χ1v) is 8.95. The van der Waals surface area contributed by atoms with E-state index in [1.165, 1.54) is 16.8 Å². The lowest BCUT2D eigenvalue weighted by molar-refractivity contribution is 0.0949. The van der Waals surface area contributed by atoms with Gasteiger partial charge in [0.2, 0.25) is 0 Å². The molecule has 1 amide bonds. The van der Waals surface area contributed by atoms with E-state index >= 15 is 0 Å². The number of amides is 1. The molecule has 0 saturated carbocycles. The third-order valence-electron chi connectivity index (χ3n) is 4.33. The number of aryl methyl sites for hydroxylation is 1. The molecule has 0 fully saturated rings. The number of carbonyl (C=O) groups excluding carboxylic acids is 1. The number of rotatable bonds is 5. The summed E-state index contributed by atoms with van der Waals surface area (Å²) < 4.78 is 16.4. The van der Waals surface area contributed by atoms with Crippen molar-refractivity contribution >= 4 is 23.2 Å². The third-order valence-corrected chi connectivity index (χ3v) is 4.71. The van der Waals surface area contributed by atoms with Gasteiger partial charge in [0, 0.05) is 6.20 Å². The Bertz CT molecular complexity index is 1150. The highest BCUT2D eigenvalue weighted by atomic mass is 35.5. The number of halogens is 2. The van der Waals surface area contributed by atoms with Crippen LogP contribution in [0.3, 0.4) is 0 Å². The average Bonchev–Trinajstić information content (AvgIpc) is 3.22. The molecular formula is C19H16ClFN6O. The third kappa shape index (κ3) is 3.46. The predicted octanol–water partition coefficient (Wildman–Crippen LogP) is 3.01. The fraction of sp³-hybridized carbons (Fsp3) is 0.158. The molecule has 28 heavy (non-hydrogen) atoms. The highest BCUT2D eigenvalue weighted by Crippen LogP contribution is 2.21. The second-order valence-corrected chi connectivity index (χ2v) is 6.62. The Kier molecular flexibility index (Phi) is 4.79. The molecule has 4 aromatic rings. The minimum Gasteiger partial charge on any atom is -0.345 e. The molecule has 0 bridgehead atoms. The molecule has 4 rings (SSSR count). The maximum Gasteiger partial charge on any atom is 0.256 e. The number of hydrogen-bond acceptors (Lipinski definition) is 4. The van der Waals surface area contributed by atoms with Crippen molar-refractivity contribution in [3.05, 3.63) is 82.3 Å². The molecule has 9 heteroatoms. The Balaban J connectivity index is 1.51. The maximum atomic E-state index is 13.1. The van der Waals surface area contributed by atoms with Crippen molar-refractivity contribution in [2.45, 2.75) is 20.0 Å². The van der Waals surface area contributed by atoms with E-state index in [2.05, 4.69) is 20.6 Å². The quantitative estimate of drug-likeness (QED) is 0.560. The summed E-state index contributed by atoms with van der Waals surface area (Å²) in [7, 11) is 0. The molecule has 142 valence electrons. The topological polar surface area (TPSA) is 77.1 Å². The van der Waals surface area contributed by atoms with E-state index in [1.807, 2.05) is 24.4 Å². The van der Waals surface area contributed by atoms with E-state index in [1.54, 1.807) is 23.5 Å². The number of carbonyl (C=O) groups is 1. The molecule has 0 atom stereocenters. The van der Waals surface area contributed by atoms with Crippen LogP contribution in [0.15, 0.2) is 48.7 Å². The molecule has 0 aliphatic heterocycles. The largest absolute Gasteiger partial charge is 0.345 e. The van der Waals surface area contributed by atoms with Gasteiger partial charge in [-0.3, -0.25) is 9.20 Å². The summed E-state index contributed by atoms with van der Waals surface area (Å²) >= 11 is 6.39. The molecule has 0 aliphatic rings. The van der Waals surface area contributed by atoms with Gasteiger partial charge in [0.05, 0.1) is 24.3 Å². The summed E-state index contributed by atoms with van der Waals surface area (Å²) in [5.41, 5.74) is 2.34. The first-order chi connectivity index (χ1) is 13.5. The fourth-order valence-corrected chi connectivity index (χ4v) is 3.26. The molecule has 3 heterocycles. The molecule has 1 N–H and O–H groups in total. The molecule has 7 nitrogen and oxygen atoms in total. The van der Waals surface area contributed by atoms with E-state index in [4.69, 9.17) is 11.6 Å². The van der Waals surface area contributed by atoms with Crippen molar-refractivity contribution in [2.24, 2.45) is 0 Å². The Morgan fingerprint density at radius 2 is 1.96 bits per heavy atom. The lowest BCUT2D eigenvalue weighted by Crippen LogP contribution is -2.24. The first kappa shape index (κ1) is 18.1. The van der Waals surface area contributed by atoms with E-state index in [9.17, 15) is 9.18 Å².